The minimum Gasteiger partial charge on any atom is -0.392 e. The quantitative estimate of drug-likeness (QED) is 0.367. The SMILES string of the molecule is CCCCC[C@H](O)C=C[C@@H]1[C@H]2CC(CCCCC(=O)N3CCCCC3)=C[C@H]2C[C@H]1O. The molecule has 1 aliphatic heterocycles. The molecule has 170 valence electrons. The van der Waals surface area contributed by atoms with Gasteiger partial charge in [-0.05, 0) is 69.6 Å². The lowest BCUT2D eigenvalue weighted by Crippen LogP contribution is -2.35. The number of amides is 1. The fourth-order valence-electron chi connectivity index (χ4n) is 5.68. The predicted octanol–water partition coefficient (Wildman–Crippen LogP) is 5.00. The highest BCUT2D eigenvalue weighted by atomic mass is 16.3. The Labute approximate surface area is 183 Å². The second kappa shape index (κ2) is 12.0. The molecule has 1 saturated carbocycles. The summed E-state index contributed by atoms with van der Waals surface area (Å²) in [6.45, 7) is 4.09. The summed E-state index contributed by atoms with van der Waals surface area (Å²) in [5, 5.41) is 20.7. The van der Waals surface area contributed by atoms with E-state index in [1.54, 1.807) is 0 Å². The molecule has 1 heterocycles. The zero-order valence-electron chi connectivity index (χ0n) is 19.0. The highest BCUT2D eigenvalue weighted by molar-refractivity contribution is 5.76. The number of likely N-dealkylation sites (tertiary alicyclic amines) is 1. The summed E-state index contributed by atoms with van der Waals surface area (Å²) >= 11 is 0. The molecule has 3 aliphatic rings. The first kappa shape index (κ1) is 23.5. The van der Waals surface area contributed by atoms with Crippen LogP contribution in [0.5, 0.6) is 0 Å². The first-order valence-corrected chi connectivity index (χ1v) is 12.6. The van der Waals surface area contributed by atoms with Crippen molar-refractivity contribution >= 4 is 5.91 Å². The van der Waals surface area contributed by atoms with Crippen LogP contribution in [-0.4, -0.2) is 46.3 Å². The van der Waals surface area contributed by atoms with Crippen LogP contribution in [0.4, 0.5) is 0 Å². The third kappa shape index (κ3) is 6.68. The third-order valence-electron chi connectivity index (χ3n) is 7.46. The number of carbonyl (C=O) groups is 1. The number of hydrogen-bond acceptors (Lipinski definition) is 3. The highest BCUT2D eigenvalue weighted by Gasteiger charge is 2.43. The average molecular weight is 418 g/mol. The van der Waals surface area contributed by atoms with Crippen LogP contribution in [0.1, 0.15) is 90.4 Å². The van der Waals surface area contributed by atoms with E-state index in [2.05, 4.69) is 24.0 Å². The van der Waals surface area contributed by atoms with E-state index in [-0.39, 0.29) is 18.1 Å². The van der Waals surface area contributed by atoms with Crippen molar-refractivity contribution in [1.82, 2.24) is 4.90 Å². The van der Waals surface area contributed by atoms with Crippen molar-refractivity contribution in [3.63, 3.8) is 0 Å². The van der Waals surface area contributed by atoms with Crippen LogP contribution >= 0.6 is 0 Å². The first-order valence-electron chi connectivity index (χ1n) is 12.6. The smallest absolute Gasteiger partial charge is 0.222 e. The maximum Gasteiger partial charge on any atom is 0.222 e. The van der Waals surface area contributed by atoms with E-state index >= 15 is 0 Å². The van der Waals surface area contributed by atoms with Crippen molar-refractivity contribution in [3.8, 4) is 0 Å². The Morgan fingerprint density at radius 2 is 2.00 bits per heavy atom. The molecule has 0 spiro atoms. The van der Waals surface area contributed by atoms with Gasteiger partial charge in [0.15, 0.2) is 0 Å². The second-order valence-electron chi connectivity index (χ2n) is 9.83. The molecule has 0 aromatic rings. The van der Waals surface area contributed by atoms with Crippen LogP contribution in [0.2, 0.25) is 0 Å². The minimum absolute atomic E-state index is 0.172. The number of hydrogen-bond donors (Lipinski definition) is 2. The monoisotopic (exact) mass is 417 g/mol. The Kier molecular flexibility index (Phi) is 9.45. The molecule has 4 nitrogen and oxygen atoms in total. The van der Waals surface area contributed by atoms with Gasteiger partial charge in [-0.3, -0.25) is 4.79 Å². The molecule has 5 atom stereocenters. The van der Waals surface area contributed by atoms with E-state index in [1.807, 2.05) is 6.08 Å². The molecular weight excluding hydrogens is 374 g/mol. The molecule has 4 heteroatoms. The number of carbonyl (C=O) groups excluding carboxylic acids is 1. The van der Waals surface area contributed by atoms with Crippen LogP contribution in [0.15, 0.2) is 23.8 Å². The van der Waals surface area contributed by atoms with Crippen molar-refractivity contribution < 1.29 is 15.0 Å². The summed E-state index contributed by atoms with van der Waals surface area (Å²) in [7, 11) is 0. The summed E-state index contributed by atoms with van der Waals surface area (Å²) in [6, 6.07) is 0. The van der Waals surface area contributed by atoms with Gasteiger partial charge in [0.05, 0.1) is 12.2 Å². The van der Waals surface area contributed by atoms with Gasteiger partial charge in [0.2, 0.25) is 5.91 Å². The third-order valence-corrected chi connectivity index (χ3v) is 7.46. The maximum atomic E-state index is 12.3. The van der Waals surface area contributed by atoms with Crippen molar-refractivity contribution in [2.75, 3.05) is 13.1 Å². The summed E-state index contributed by atoms with van der Waals surface area (Å²) in [6.07, 6.45) is 19.4. The molecule has 30 heavy (non-hydrogen) atoms. The maximum absolute atomic E-state index is 12.3. The lowest BCUT2D eigenvalue weighted by molar-refractivity contribution is -0.132. The van der Waals surface area contributed by atoms with E-state index in [1.165, 1.54) is 37.7 Å². The zero-order valence-corrected chi connectivity index (χ0v) is 19.0. The number of fused-ring (bicyclic) bond motifs is 1. The first-order chi connectivity index (χ1) is 14.6. The molecule has 0 radical (unpaired) electrons. The van der Waals surface area contributed by atoms with Gasteiger partial charge in [-0.25, -0.2) is 0 Å². The Bertz CT molecular complexity index is 593. The second-order valence-corrected chi connectivity index (χ2v) is 9.83. The van der Waals surface area contributed by atoms with Crippen molar-refractivity contribution in [2.45, 2.75) is 103 Å². The zero-order chi connectivity index (χ0) is 21.3. The molecule has 0 aromatic heterocycles. The van der Waals surface area contributed by atoms with Gasteiger partial charge in [-0.1, -0.05) is 50.0 Å². The minimum atomic E-state index is -0.380. The summed E-state index contributed by atoms with van der Waals surface area (Å²) in [5.41, 5.74) is 1.52. The van der Waals surface area contributed by atoms with Crippen LogP contribution in [0, 0.1) is 17.8 Å². The molecule has 1 saturated heterocycles. The van der Waals surface area contributed by atoms with Crippen molar-refractivity contribution in [2.24, 2.45) is 17.8 Å². The molecular formula is C26H43NO3. The van der Waals surface area contributed by atoms with Gasteiger partial charge in [-0.15, -0.1) is 0 Å². The van der Waals surface area contributed by atoms with Crippen LogP contribution in [-0.2, 0) is 4.79 Å². The van der Waals surface area contributed by atoms with Crippen LogP contribution < -0.4 is 0 Å². The highest BCUT2D eigenvalue weighted by Crippen LogP contribution is 2.48. The molecule has 1 amide bonds. The molecule has 0 bridgehead atoms. The predicted molar refractivity (Wildman–Crippen MR) is 122 cm³/mol. The normalized spacial score (nSPS) is 30.0. The van der Waals surface area contributed by atoms with Crippen LogP contribution in [0.25, 0.3) is 0 Å². The number of rotatable bonds is 11. The number of aliphatic hydroxyl groups excluding tert-OH is 2. The number of aliphatic hydroxyl groups is 2. The lowest BCUT2D eigenvalue weighted by atomic mass is 9.88. The van der Waals surface area contributed by atoms with E-state index < -0.39 is 0 Å². The van der Waals surface area contributed by atoms with Gasteiger partial charge in [0, 0.05) is 25.4 Å². The summed E-state index contributed by atoms with van der Waals surface area (Å²) < 4.78 is 0. The van der Waals surface area contributed by atoms with Crippen molar-refractivity contribution in [1.29, 1.82) is 0 Å². The van der Waals surface area contributed by atoms with Gasteiger partial charge in [0.25, 0.3) is 0 Å². The molecule has 0 unspecified atom stereocenters. The van der Waals surface area contributed by atoms with E-state index in [0.717, 1.165) is 58.0 Å². The number of nitrogens with zero attached hydrogens (tertiary/aromatic N) is 1. The molecule has 3 rings (SSSR count). The molecule has 0 aromatic carbocycles. The van der Waals surface area contributed by atoms with Gasteiger partial charge < -0.3 is 15.1 Å². The molecule has 2 N–H and O–H groups in total. The lowest BCUT2D eigenvalue weighted by Gasteiger charge is -2.26. The standard InChI is InChI=1S/C26H43NO3/c1-2-3-5-11-22(28)13-14-23-24-18-20(17-21(24)19-25(23)29)10-6-7-12-26(30)27-15-8-4-9-16-27/h13-14,17,21-25,28-29H,2-12,15-16,18-19H2,1H3/t21-,22-,23+,24-,25+/m0/s1. The van der Waals surface area contributed by atoms with Gasteiger partial charge >= 0.3 is 0 Å². The summed E-state index contributed by atoms with van der Waals surface area (Å²) in [4.78, 5) is 14.4. The van der Waals surface area contributed by atoms with Gasteiger partial charge in [0.1, 0.15) is 0 Å². The van der Waals surface area contributed by atoms with Gasteiger partial charge in [-0.2, -0.15) is 0 Å². The Morgan fingerprint density at radius 1 is 1.20 bits per heavy atom. The average Bonchev–Trinajstić information content (AvgIpc) is 3.26. The number of allylic oxidation sites excluding steroid dienone is 2. The van der Waals surface area contributed by atoms with Crippen LogP contribution in [0.3, 0.4) is 0 Å². The van der Waals surface area contributed by atoms with Crippen molar-refractivity contribution in [3.05, 3.63) is 23.8 Å². The fraction of sp³-hybridized carbons (Fsp3) is 0.808. The Morgan fingerprint density at radius 3 is 2.77 bits per heavy atom. The van der Waals surface area contributed by atoms with E-state index in [0.29, 0.717) is 24.2 Å². The fourth-order valence-corrected chi connectivity index (χ4v) is 5.68. The number of unbranched alkanes of at least 4 members (excludes halogenated alkanes) is 3. The number of piperidine rings is 1. The van der Waals surface area contributed by atoms with E-state index in [4.69, 9.17) is 0 Å². The van der Waals surface area contributed by atoms with E-state index in [9.17, 15) is 15.0 Å². The largest absolute Gasteiger partial charge is 0.392 e. The molecule has 2 fully saturated rings. The molecule has 2 aliphatic carbocycles. The summed E-state index contributed by atoms with van der Waals surface area (Å²) in [5.74, 6) is 1.49. The Balaban J connectivity index is 1.37. The Hall–Kier alpha value is -1.13. The topological polar surface area (TPSA) is 60.8 Å².